The number of carbonyl (C=O) groups excluding carboxylic acids is 2. The maximum Gasteiger partial charge on any atom is 0.255 e. The van der Waals surface area contributed by atoms with E-state index in [0.29, 0.717) is 16.7 Å². The van der Waals surface area contributed by atoms with Crippen molar-refractivity contribution in [3.05, 3.63) is 70.0 Å². The van der Waals surface area contributed by atoms with Gasteiger partial charge in [0.15, 0.2) is 0 Å². The lowest BCUT2D eigenvalue weighted by Crippen LogP contribution is -2.43. The van der Waals surface area contributed by atoms with Crippen molar-refractivity contribution in [2.24, 2.45) is 0 Å². The minimum atomic E-state index is -0.705. The first-order chi connectivity index (χ1) is 14.0. The van der Waals surface area contributed by atoms with E-state index in [4.69, 9.17) is 11.6 Å². The second-order valence-corrected chi connectivity index (χ2v) is 8.26. The molecule has 1 fully saturated rings. The van der Waals surface area contributed by atoms with Crippen LogP contribution in [0, 0.1) is 5.82 Å². The Bertz CT molecular complexity index is 925. The fourth-order valence-electron chi connectivity index (χ4n) is 4.35. The third-order valence-corrected chi connectivity index (χ3v) is 6.22. The van der Waals surface area contributed by atoms with Gasteiger partial charge in [-0.1, -0.05) is 61.5 Å². The molecule has 0 spiro atoms. The molecule has 1 aliphatic heterocycles. The molecule has 0 saturated heterocycles. The molecule has 0 aromatic heterocycles. The van der Waals surface area contributed by atoms with Crippen LogP contribution in [0.1, 0.15) is 66.1 Å². The van der Waals surface area contributed by atoms with E-state index in [9.17, 15) is 14.0 Å². The van der Waals surface area contributed by atoms with Gasteiger partial charge >= 0.3 is 0 Å². The van der Waals surface area contributed by atoms with E-state index in [0.717, 1.165) is 25.7 Å². The number of halogens is 2. The number of hydrogen-bond donors (Lipinski definition) is 1. The summed E-state index contributed by atoms with van der Waals surface area (Å²) in [7, 11) is 0. The fraction of sp³-hybridized carbons (Fsp3) is 0.391. The lowest BCUT2D eigenvalue weighted by Gasteiger charge is -2.27. The van der Waals surface area contributed by atoms with E-state index in [1.807, 2.05) is 12.1 Å². The van der Waals surface area contributed by atoms with Gasteiger partial charge in [-0.2, -0.15) is 0 Å². The first-order valence-corrected chi connectivity index (χ1v) is 10.6. The molecule has 1 heterocycles. The molecule has 0 radical (unpaired) electrons. The summed E-state index contributed by atoms with van der Waals surface area (Å²) in [5, 5.41) is 3.42. The number of nitrogens with zero attached hydrogens (tertiary/aromatic N) is 1. The van der Waals surface area contributed by atoms with Gasteiger partial charge in [-0.25, -0.2) is 4.39 Å². The van der Waals surface area contributed by atoms with Gasteiger partial charge in [0.05, 0.1) is 0 Å². The number of fused-ring (bicyclic) bond motifs is 1. The molecular weight excluding hydrogens is 391 g/mol. The number of benzene rings is 2. The van der Waals surface area contributed by atoms with E-state index in [-0.39, 0.29) is 29.4 Å². The predicted molar refractivity (Wildman–Crippen MR) is 110 cm³/mol. The SMILES string of the molecule is O=C(NC1CCCCCC1)C1c2ccccc2C(=O)N1Cc1ccc(F)cc1Cl. The average Bonchev–Trinajstić information content (AvgIpc) is 2.85. The second kappa shape index (κ2) is 8.54. The Labute approximate surface area is 175 Å². The molecule has 2 aromatic carbocycles. The molecule has 1 aliphatic carbocycles. The minimum Gasteiger partial charge on any atom is -0.351 e. The number of hydrogen-bond acceptors (Lipinski definition) is 2. The molecular formula is C23H24ClFN2O2. The summed E-state index contributed by atoms with van der Waals surface area (Å²) >= 11 is 6.19. The number of carbonyl (C=O) groups is 2. The van der Waals surface area contributed by atoms with Crippen molar-refractivity contribution in [3.63, 3.8) is 0 Å². The van der Waals surface area contributed by atoms with Gasteiger partial charge in [0.1, 0.15) is 11.9 Å². The summed E-state index contributed by atoms with van der Waals surface area (Å²) in [5.74, 6) is -0.798. The van der Waals surface area contributed by atoms with E-state index >= 15 is 0 Å². The summed E-state index contributed by atoms with van der Waals surface area (Å²) in [6.45, 7) is 0.148. The van der Waals surface area contributed by atoms with Crippen LogP contribution in [0.2, 0.25) is 5.02 Å². The van der Waals surface area contributed by atoms with Crippen LogP contribution in [-0.4, -0.2) is 22.8 Å². The maximum absolute atomic E-state index is 13.4. The van der Waals surface area contributed by atoms with Gasteiger partial charge in [-0.05, 0) is 42.2 Å². The van der Waals surface area contributed by atoms with Crippen molar-refractivity contribution in [2.45, 2.75) is 57.2 Å². The first kappa shape index (κ1) is 19.9. The van der Waals surface area contributed by atoms with Crippen LogP contribution in [0.15, 0.2) is 42.5 Å². The molecule has 2 amide bonds. The van der Waals surface area contributed by atoms with E-state index in [1.165, 1.54) is 29.9 Å². The Morgan fingerprint density at radius 3 is 2.55 bits per heavy atom. The summed E-state index contributed by atoms with van der Waals surface area (Å²) in [6.07, 6.45) is 6.56. The van der Waals surface area contributed by atoms with Crippen molar-refractivity contribution < 1.29 is 14.0 Å². The first-order valence-electron chi connectivity index (χ1n) is 10.2. The van der Waals surface area contributed by atoms with E-state index < -0.39 is 11.9 Å². The Kier molecular flexibility index (Phi) is 5.86. The highest BCUT2D eigenvalue weighted by molar-refractivity contribution is 6.31. The third kappa shape index (κ3) is 4.15. The van der Waals surface area contributed by atoms with Crippen molar-refractivity contribution >= 4 is 23.4 Å². The van der Waals surface area contributed by atoms with Crippen molar-refractivity contribution in [1.82, 2.24) is 10.2 Å². The smallest absolute Gasteiger partial charge is 0.255 e. The van der Waals surface area contributed by atoms with Gasteiger partial charge in [0.2, 0.25) is 5.91 Å². The van der Waals surface area contributed by atoms with Crippen molar-refractivity contribution in [1.29, 1.82) is 0 Å². The molecule has 6 heteroatoms. The van der Waals surface area contributed by atoms with Gasteiger partial charge in [0.25, 0.3) is 5.91 Å². The van der Waals surface area contributed by atoms with Crippen molar-refractivity contribution in [2.75, 3.05) is 0 Å². The monoisotopic (exact) mass is 414 g/mol. The summed E-state index contributed by atoms with van der Waals surface area (Å²) < 4.78 is 13.4. The molecule has 1 unspecified atom stereocenters. The molecule has 4 nitrogen and oxygen atoms in total. The van der Waals surface area contributed by atoms with E-state index in [1.54, 1.807) is 18.2 Å². The Morgan fingerprint density at radius 1 is 1.10 bits per heavy atom. The Hall–Kier alpha value is -2.40. The minimum absolute atomic E-state index is 0.143. The van der Waals surface area contributed by atoms with E-state index in [2.05, 4.69) is 5.32 Å². The van der Waals surface area contributed by atoms with Gasteiger partial charge < -0.3 is 10.2 Å². The normalized spacial score (nSPS) is 19.7. The quantitative estimate of drug-likeness (QED) is 0.714. The topological polar surface area (TPSA) is 49.4 Å². The Morgan fingerprint density at radius 2 is 1.83 bits per heavy atom. The molecule has 1 atom stereocenters. The summed E-state index contributed by atoms with van der Waals surface area (Å²) in [6, 6.07) is 10.8. The number of rotatable bonds is 4. The second-order valence-electron chi connectivity index (χ2n) is 7.86. The maximum atomic E-state index is 13.4. The highest BCUT2D eigenvalue weighted by Crippen LogP contribution is 2.36. The van der Waals surface area contributed by atoms with Crippen molar-refractivity contribution in [3.8, 4) is 0 Å². The molecule has 1 saturated carbocycles. The van der Waals surface area contributed by atoms with Crippen LogP contribution in [0.3, 0.4) is 0 Å². The Balaban J connectivity index is 1.62. The highest BCUT2D eigenvalue weighted by atomic mass is 35.5. The molecule has 0 bridgehead atoms. The zero-order chi connectivity index (χ0) is 20.4. The zero-order valence-electron chi connectivity index (χ0n) is 16.2. The van der Waals surface area contributed by atoms with Gasteiger partial charge in [-0.15, -0.1) is 0 Å². The standard InChI is InChI=1S/C23H24ClFN2O2/c24-20-13-16(25)12-11-15(20)14-27-21(18-9-5-6-10-19(18)23(27)29)22(28)26-17-7-3-1-2-4-8-17/h5-6,9-13,17,21H,1-4,7-8,14H2,(H,26,28). The van der Waals surface area contributed by atoms with Crippen LogP contribution in [-0.2, 0) is 11.3 Å². The van der Waals surface area contributed by atoms with Crippen LogP contribution >= 0.6 is 11.6 Å². The predicted octanol–water partition coefficient (Wildman–Crippen LogP) is 5.02. The van der Waals surface area contributed by atoms with Gasteiger partial charge in [-0.3, -0.25) is 9.59 Å². The molecule has 29 heavy (non-hydrogen) atoms. The zero-order valence-corrected chi connectivity index (χ0v) is 16.9. The van der Waals surface area contributed by atoms with Crippen LogP contribution in [0.5, 0.6) is 0 Å². The molecule has 2 aliphatic rings. The largest absolute Gasteiger partial charge is 0.351 e. The summed E-state index contributed by atoms with van der Waals surface area (Å²) in [4.78, 5) is 27.9. The van der Waals surface area contributed by atoms with Crippen LogP contribution in [0.25, 0.3) is 0 Å². The molecule has 4 rings (SSSR count). The summed E-state index contributed by atoms with van der Waals surface area (Å²) in [5.41, 5.74) is 1.86. The third-order valence-electron chi connectivity index (χ3n) is 5.86. The average molecular weight is 415 g/mol. The lowest BCUT2D eigenvalue weighted by molar-refractivity contribution is -0.126. The molecule has 152 valence electrons. The highest BCUT2D eigenvalue weighted by Gasteiger charge is 2.41. The number of nitrogens with one attached hydrogen (secondary N) is 1. The van der Waals surface area contributed by atoms with Crippen LogP contribution in [0.4, 0.5) is 4.39 Å². The fourth-order valence-corrected chi connectivity index (χ4v) is 4.58. The van der Waals surface area contributed by atoms with Crippen LogP contribution < -0.4 is 5.32 Å². The van der Waals surface area contributed by atoms with Gasteiger partial charge in [0, 0.05) is 23.2 Å². The lowest BCUT2D eigenvalue weighted by atomic mass is 10.0. The number of amides is 2. The molecule has 1 N–H and O–H groups in total. The molecule has 2 aromatic rings.